The van der Waals surface area contributed by atoms with E-state index >= 15 is 0 Å². The van der Waals surface area contributed by atoms with Gasteiger partial charge in [0.15, 0.2) is 0 Å². The van der Waals surface area contributed by atoms with Crippen molar-refractivity contribution in [3.05, 3.63) is 0 Å². The lowest BCUT2D eigenvalue weighted by Crippen LogP contribution is -2.56. The van der Waals surface area contributed by atoms with Crippen molar-refractivity contribution < 1.29 is 5.11 Å². The molecule has 0 aromatic carbocycles. The Balaban J connectivity index is 2.67. The molecule has 1 rings (SSSR count). The van der Waals surface area contributed by atoms with E-state index in [1.807, 2.05) is 25.6 Å². The topological polar surface area (TPSA) is 46.2 Å². The van der Waals surface area contributed by atoms with Gasteiger partial charge in [0.05, 0.1) is 6.10 Å². The number of rotatable bonds is 0. The summed E-state index contributed by atoms with van der Waals surface area (Å²) in [7, 11) is 0. The van der Waals surface area contributed by atoms with Crippen LogP contribution >= 0.6 is 11.8 Å². The van der Waals surface area contributed by atoms with Gasteiger partial charge in [-0.3, -0.25) is 0 Å². The predicted octanol–water partition coefficient (Wildman–Crippen LogP) is 0.979. The summed E-state index contributed by atoms with van der Waals surface area (Å²) in [5.74, 6) is 0. The first-order chi connectivity index (χ1) is 4.93. The van der Waals surface area contributed by atoms with E-state index in [1.54, 1.807) is 0 Å². The molecule has 0 amide bonds. The van der Waals surface area contributed by atoms with E-state index in [-0.39, 0.29) is 16.9 Å². The summed E-state index contributed by atoms with van der Waals surface area (Å²) < 4.78 is 0. The Bertz CT molecular complexity index is 149. The molecule has 0 saturated carbocycles. The highest BCUT2D eigenvalue weighted by molar-refractivity contribution is 8.00. The summed E-state index contributed by atoms with van der Waals surface area (Å²) in [5.41, 5.74) is 5.55. The van der Waals surface area contributed by atoms with Crippen LogP contribution in [0.15, 0.2) is 0 Å². The van der Waals surface area contributed by atoms with Crippen LogP contribution in [0.4, 0.5) is 0 Å². The van der Waals surface area contributed by atoms with Crippen LogP contribution in [0.1, 0.15) is 27.2 Å². The summed E-state index contributed by atoms with van der Waals surface area (Å²) in [6.45, 7) is 6.14. The Morgan fingerprint density at radius 3 is 2.55 bits per heavy atom. The summed E-state index contributed by atoms with van der Waals surface area (Å²) >= 11 is 1.82. The Labute approximate surface area is 72.5 Å². The van der Waals surface area contributed by atoms with Crippen molar-refractivity contribution in [2.24, 2.45) is 5.73 Å². The molecule has 0 spiro atoms. The molecule has 0 bridgehead atoms. The maximum Gasteiger partial charge on any atom is 0.0832 e. The molecule has 1 aliphatic heterocycles. The average molecular weight is 175 g/mol. The first-order valence-electron chi connectivity index (χ1n) is 4.06. The highest BCUT2D eigenvalue weighted by Crippen LogP contribution is 2.36. The van der Waals surface area contributed by atoms with Gasteiger partial charge in [0.1, 0.15) is 0 Å². The van der Waals surface area contributed by atoms with Crippen molar-refractivity contribution in [1.29, 1.82) is 0 Å². The maximum atomic E-state index is 9.68. The third-order valence-corrected chi connectivity index (χ3v) is 3.61. The average Bonchev–Trinajstić information content (AvgIpc) is 1.81. The lowest BCUT2D eigenvalue weighted by atomic mass is 9.88. The predicted molar refractivity (Wildman–Crippen MR) is 49.7 cm³/mol. The summed E-state index contributed by atoms with van der Waals surface area (Å²) in [5, 5.41) is 10.5. The number of hydrogen-bond donors (Lipinski definition) is 2. The molecule has 4 atom stereocenters. The van der Waals surface area contributed by atoms with E-state index in [0.717, 1.165) is 6.42 Å². The molecular weight excluding hydrogens is 158 g/mol. The normalized spacial score (nSPS) is 52.6. The molecule has 3 N–H and O–H groups in total. The second-order valence-corrected chi connectivity index (χ2v) is 5.63. The zero-order chi connectivity index (χ0) is 8.65. The molecule has 0 radical (unpaired) electrons. The van der Waals surface area contributed by atoms with E-state index in [4.69, 9.17) is 5.73 Å². The van der Waals surface area contributed by atoms with E-state index in [9.17, 15) is 5.11 Å². The molecule has 0 aliphatic carbocycles. The minimum Gasteiger partial charge on any atom is -0.390 e. The van der Waals surface area contributed by atoms with Crippen LogP contribution in [0.25, 0.3) is 0 Å². The molecule has 1 saturated heterocycles. The van der Waals surface area contributed by atoms with Gasteiger partial charge in [-0.05, 0) is 13.3 Å². The minimum absolute atomic E-state index is 0.272. The molecule has 1 fully saturated rings. The van der Waals surface area contributed by atoms with Gasteiger partial charge >= 0.3 is 0 Å². The molecule has 2 nitrogen and oxygen atoms in total. The Morgan fingerprint density at radius 2 is 2.09 bits per heavy atom. The van der Waals surface area contributed by atoms with Gasteiger partial charge in [-0.2, -0.15) is 11.8 Å². The zero-order valence-corrected chi connectivity index (χ0v) is 8.19. The number of thioether (sulfide) groups is 1. The third kappa shape index (κ3) is 1.89. The van der Waals surface area contributed by atoms with Crippen molar-refractivity contribution in [2.45, 2.75) is 49.3 Å². The molecular formula is C8H17NOS. The minimum atomic E-state index is -0.385. The molecule has 0 aromatic rings. The highest BCUT2D eigenvalue weighted by atomic mass is 32.2. The maximum absolute atomic E-state index is 9.68. The second-order valence-electron chi connectivity index (χ2n) is 3.81. The Hall–Kier alpha value is 0.270. The smallest absolute Gasteiger partial charge is 0.0832 e. The number of aliphatic hydroxyl groups is 1. The van der Waals surface area contributed by atoms with Crippen LogP contribution in [-0.2, 0) is 0 Å². The number of hydrogen-bond acceptors (Lipinski definition) is 3. The van der Waals surface area contributed by atoms with Crippen molar-refractivity contribution >= 4 is 11.8 Å². The molecule has 4 unspecified atom stereocenters. The van der Waals surface area contributed by atoms with Crippen LogP contribution in [-0.4, -0.2) is 27.2 Å². The van der Waals surface area contributed by atoms with Crippen molar-refractivity contribution in [3.8, 4) is 0 Å². The van der Waals surface area contributed by atoms with Crippen molar-refractivity contribution in [3.63, 3.8) is 0 Å². The molecule has 3 heteroatoms. The molecule has 1 heterocycles. The SMILES string of the molecule is CC1CC(C)(N)C(O)C(C)S1. The summed E-state index contributed by atoms with van der Waals surface area (Å²) in [6, 6.07) is 0. The Morgan fingerprint density at radius 1 is 1.55 bits per heavy atom. The largest absolute Gasteiger partial charge is 0.390 e. The quantitative estimate of drug-likeness (QED) is 0.577. The number of nitrogens with two attached hydrogens (primary N) is 1. The fourth-order valence-electron chi connectivity index (χ4n) is 1.77. The van der Waals surface area contributed by atoms with Gasteiger partial charge < -0.3 is 10.8 Å². The van der Waals surface area contributed by atoms with Crippen LogP contribution < -0.4 is 5.73 Å². The monoisotopic (exact) mass is 175 g/mol. The van der Waals surface area contributed by atoms with Gasteiger partial charge in [-0.15, -0.1) is 0 Å². The van der Waals surface area contributed by atoms with Crippen molar-refractivity contribution in [2.75, 3.05) is 0 Å². The highest BCUT2D eigenvalue weighted by Gasteiger charge is 2.39. The second kappa shape index (κ2) is 2.96. The van der Waals surface area contributed by atoms with Crippen LogP contribution in [0.3, 0.4) is 0 Å². The first kappa shape index (κ1) is 9.36. The molecule has 1 aliphatic rings. The third-order valence-electron chi connectivity index (χ3n) is 2.29. The Kier molecular flexibility index (Phi) is 2.52. The van der Waals surface area contributed by atoms with Crippen LogP contribution in [0.5, 0.6) is 0 Å². The van der Waals surface area contributed by atoms with E-state index in [0.29, 0.717) is 5.25 Å². The fourth-order valence-corrected chi connectivity index (χ4v) is 3.41. The van der Waals surface area contributed by atoms with E-state index < -0.39 is 0 Å². The van der Waals surface area contributed by atoms with Crippen LogP contribution in [0.2, 0.25) is 0 Å². The van der Waals surface area contributed by atoms with E-state index in [2.05, 4.69) is 6.92 Å². The first-order valence-corrected chi connectivity index (χ1v) is 5.00. The van der Waals surface area contributed by atoms with Gasteiger partial charge in [-0.25, -0.2) is 0 Å². The number of aliphatic hydroxyl groups excluding tert-OH is 1. The van der Waals surface area contributed by atoms with Gasteiger partial charge in [-0.1, -0.05) is 13.8 Å². The summed E-state index contributed by atoms with van der Waals surface area (Å²) in [4.78, 5) is 0. The molecule has 0 aromatic heterocycles. The van der Waals surface area contributed by atoms with Gasteiger partial charge in [0, 0.05) is 16.0 Å². The van der Waals surface area contributed by atoms with Crippen molar-refractivity contribution in [1.82, 2.24) is 0 Å². The van der Waals surface area contributed by atoms with E-state index in [1.165, 1.54) is 0 Å². The van der Waals surface area contributed by atoms with Gasteiger partial charge in [0.25, 0.3) is 0 Å². The lowest BCUT2D eigenvalue weighted by Gasteiger charge is -2.41. The standard InChI is InChI=1S/C8H17NOS/c1-5-4-8(3,9)7(10)6(2)11-5/h5-7,10H,4,9H2,1-3H3. The summed E-state index contributed by atoms with van der Waals surface area (Å²) in [6.07, 6.45) is 0.548. The van der Waals surface area contributed by atoms with Crippen LogP contribution in [0, 0.1) is 0 Å². The van der Waals surface area contributed by atoms with Gasteiger partial charge in [0.2, 0.25) is 0 Å². The fraction of sp³-hybridized carbons (Fsp3) is 1.00. The lowest BCUT2D eigenvalue weighted by molar-refractivity contribution is 0.0843. The molecule has 11 heavy (non-hydrogen) atoms. The zero-order valence-electron chi connectivity index (χ0n) is 7.37. The molecule has 66 valence electrons.